The Hall–Kier alpha value is -3.22. The van der Waals surface area contributed by atoms with Crippen molar-refractivity contribution in [3.05, 3.63) is 54.2 Å². The Morgan fingerprint density at radius 2 is 1.86 bits per heavy atom. The second-order valence-electron chi connectivity index (χ2n) is 4.29. The number of carbonyl (C=O) groups excluding carboxylic acids is 1. The predicted octanol–water partition coefficient (Wildman–Crippen LogP) is 1.91. The number of carboxylic acids is 1. The molecule has 3 N–H and O–H groups in total. The smallest absolute Gasteiger partial charge is 0.356 e. The highest BCUT2D eigenvalue weighted by Gasteiger charge is 2.19. The Bertz CT molecular complexity index is 841. The third kappa shape index (κ3) is 2.44. The molecular formula is C14H10N4O3. The molecule has 1 amide bonds. The highest BCUT2D eigenvalue weighted by atomic mass is 16.4. The van der Waals surface area contributed by atoms with Crippen LogP contribution in [0, 0.1) is 0 Å². The van der Waals surface area contributed by atoms with Crippen LogP contribution in [0.4, 0.5) is 5.69 Å². The normalized spacial score (nSPS) is 10.5. The minimum atomic E-state index is -1.30. The van der Waals surface area contributed by atoms with E-state index < -0.39 is 11.9 Å². The summed E-state index contributed by atoms with van der Waals surface area (Å²) in [5.74, 6) is -1.92. The summed E-state index contributed by atoms with van der Waals surface area (Å²) < 4.78 is 0. The van der Waals surface area contributed by atoms with Crippen molar-refractivity contribution < 1.29 is 14.7 Å². The van der Waals surface area contributed by atoms with Crippen molar-refractivity contribution in [2.75, 3.05) is 5.32 Å². The van der Waals surface area contributed by atoms with E-state index in [1.165, 1.54) is 12.4 Å². The van der Waals surface area contributed by atoms with E-state index in [0.717, 1.165) is 10.9 Å². The molecule has 0 saturated heterocycles. The average Bonchev–Trinajstić information content (AvgIpc) is 2.94. The lowest BCUT2D eigenvalue weighted by molar-refractivity contribution is 0.0685. The van der Waals surface area contributed by atoms with Crippen molar-refractivity contribution in [3.63, 3.8) is 0 Å². The molecule has 7 heteroatoms. The van der Waals surface area contributed by atoms with Gasteiger partial charge in [0, 0.05) is 29.8 Å². The van der Waals surface area contributed by atoms with Gasteiger partial charge in [-0.25, -0.2) is 14.8 Å². The summed E-state index contributed by atoms with van der Waals surface area (Å²) in [7, 11) is 0. The Morgan fingerprint density at radius 1 is 1.10 bits per heavy atom. The first-order valence-electron chi connectivity index (χ1n) is 6.08. The molecule has 0 atom stereocenters. The maximum absolute atomic E-state index is 12.1. The highest BCUT2D eigenvalue weighted by Crippen LogP contribution is 2.18. The summed E-state index contributed by atoms with van der Waals surface area (Å²) in [5, 5.41) is 12.6. The first-order valence-corrected chi connectivity index (χ1v) is 6.08. The molecule has 0 aliphatic heterocycles. The molecular weight excluding hydrogens is 272 g/mol. The first-order chi connectivity index (χ1) is 10.1. The molecule has 2 aromatic heterocycles. The number of H-pyrrole nitrogens is 1. The van der Waals surface area contributed by atoms with E-state index in [1.54, 1.807) is 18.3 Å². The van der Waals surface area contributed by atoms with E-state index >= 15 is 0 Å². The molecule has 0 saturated carbocycles. The van der Waals surface area contributed by atoms with E-state index in [9.17, 15) is 9.59 Å². The summed E-state index contributed by atoms with van der Waals surface area (Å²) in [4.78, 5) is 33.6. The van der Waals surface area contributed by atoms with Gasteiger partial charge in [-0.3, -0.25) is 4.79 Å². The third-order valence-corrected chi connectivity index (χ3v) is 2.93. The van der Waals surface area contributed by atoms with Crippen molar-refractivity contribution in [1.82, 2.24) is 15.0 Å². The van der Waals surface area contributed by atoms with Crippen LogP contribution in [0.2, 0.25) is 0 Å². The Balaban J connectivity index is 1.91. The van der Waals surface area contributed by atoms with Gasteiger partial charge in [-0.1, -0.05) is 6.07 Å². The highest BCUT2D eigenvalue weighted by molar-refractivity contribution is 6.08. The number of nitrogens with zero attached hydrogens (tertiary/aromatic N) is 2. The number of carboxylic acid groups (broad SMARTS) is 1. The molecule has 2 heterocycles. The maximum Gasteiger partial charge on any atom is 0.356 e. The number of amides is 1. The second kappa shape index (κ2) is 5.04. The molecule has 0 bridgehead atoms. The molecule has 0 aliphatic rings. The second-order valence-corrected chi connectivity index (χ2v) is 4.29. The van der Waals surface area contributed by atoms with Crippen LogP contribution in [0.1, 0.15) is 21.0 Å². The quantitative estimate of drug-likeness (QED) is 0.680. The van der Waals surface area contributed by atoms with Crippen LogP contribution < -0.4 is 5.32 Å². The van der Waals surface area contributed by atoms with E-state index in [0.29, 0.717) is 5.69 Å². The molecule has 0 fully saturated rings. The number of rotatable bonds is 3. The molecule has 3 rings (SSSR count). The summed E-state index contributed by atoms with van der Waals surface area (Å²) in [6.45, 7) is 0. The molecule has 104 valence electrons. The fraction of sp³-hybridized carbons (Fsp3) is 0. The van der Waals surface area contributed by atoms with Gasteiger partial charge in [-0.2, -0.15) is 0 Å². The predicted molar refractivity (Wildman–Crippen MR) is 75.2 cm³/mol. The van der Waals surface area contributed by atoms with Gasteiger partial charge < -0.3 is 15.4 Å². The number of carbonyl (C=O) groups is 2. The minimum Gasteiger partial charge on any atom is -0.476 e. The van der Waals surface area contributed by atoms with Gasteiger partial charge in [-0.15, -0.1) is 0 Å². The van der Waals surface area contributed by atoms with Gasteiger partial charge in [0.1, 0.15) is 0 Å². The van der Waals surface area contributed by atoms with E-state index in [-0.39, 0.29) is 11.4 Å². The van der Waals surface area contributed by atoms with Crippen molar-refractivity contribution in [2.24, 2.45) is 0 Å². The summed E-state index contributed by atoms with van der Waals surface area (Å²) >= 11 is 0. The van der Waals surface area contributed by atoms with Gasteiger partial charge >= 0.3 is 5.97 Å². The number of fused-ring (bicyclic) bond motifs is 1. The van der Waals surface area contributed by atoms with Crippen molar-refractivity contribution in [3.8, 4) is 0 Å². The lowest BCUT2D eigenvalue weighted by Crippen LogP contribution is -2.19. The zero-order valence-electron chi connectivity index (χ0n) is 10.7. The van der Waals surface area contributed by atoms with Crippen LogP contribution >= 0.6 is 0 Å². The fourth-order valence-corrected chi connectivity index (χ4v) is 1.98. The number of nitrogens with one attached hydrogen (secondary N) is 2. The van der Waals surface area contributed by atoms with Crippen LogP contribution in [0.15, 0.2) is 42.9 Å². The number of aromatic carboxylic acids is 1. The van der Waals surface area contributed by atoms with Crippen LogP contribution in [0.25, 0.3) is 10.9 Å². The number of hydrogen-bond donors (Lipinski definition) is 3. The first kappa shape index (κ1) is 12.8. The van der Waals surface area contributed by atoms with Crippen LogP contribution in [0.3, 0.4) is 0 Å². The summed E-state index contributed by atoms with van der Waals surface area (Å²) in [5.41, 5.74) is 0.801. The van der Waals surface area contributed by atoms with Crippen molar-refractivity contribution in [1.29, 1.82) is 0 Å². The molecule has 21 heavy (non-hydrogen) atoms. The molecule has 0 spiro atoms. The van der Waals surface area contributed by atoms with Gasteiger partial charge in [0.15, 0.2) is 11.4 Å². The van der Waals surface area contributed by atoms with E-state index in [4.69, 9.17) is 5.11 Å². The van der Waals surface area contributed by atoms with E-state index in [2.05, 4.69) is 20.3 Å². The standard InChI is InChI=1S/C14H10N4O3/c19-13(11-12(14(20)21)17-6-5-16-11)18-9-2-1-8-3-4-15-10(8)7-9/h1-7,15H,(H,18,19)(H,20,21). The lowest BCUT2D eigenvalue weighted by atomic mass is 10.2. The molecule has 3 aromatic rings. The van der Waals surface area contributed by atoms with E-state index in [1.807, 2.05) is 12.1 Å². The summed E-state index contributed by atoms with van der Waals surface area (Å²) in [6, 6.07) is 7.23. The number of hydrogen-bond acceptors (Lipinski definition) is 4. The van der Waals surface area contributed by atoms with Crippen LogP contribution in [0.5, 0.6) is 0 Å². The molecule has 0 unspecified atom stereocenters. The van der Waals surface area contributed by atoms with Crippen LogP contribution in [-0.2, 0) is 0 Å². The molecule has 0 radical (unpaired) electrons. The Morgan fingerprint density at radius 3 is 2.62 bits per heavy atom. The van der Waals surface area contributed by atoms with Crippen molar-refractivity contribution in [2.45, 2.75) is 0 Å². The fourth-order valence-electron chi connectivity index (χ4n) is 1.98. The third-order valence-electron chi connectivity index (χ3n) is 2.93. The van der Waals surface area contributed by atoms with Gasteiger partial charge in [-0.05, 0) is 23.6 Å². The zero-order valence-corrected chi connectivity index (χ0v) is 10.7. The molecule has 7 nitrogen and oxygen atoms in total. The number of benzene rings is 1. The average molecular weight is 282 g/mol. The van der Waals surface area contributed by atoms with Gasteiger partial charge in [0.25, 0.3) is 5.91 Å². The topological polar surface area (TPSA) is 108 Å². The number of aromatic nitrogens is 3. The lowest BCUT2D eigenvalue weighted by Gasteiger charge is -2.06. The van der Waals surface area contributed by atoms with Gasteiger partial charge in [0.05, 0.1) is 0 Å². The number of anilines is 1. The zero-order chi connectivity index (χ0) is 14.8. The minimum absolute atomic E-state index is 0.225. The molecule has 0 aliphatic carbocycles. The Kier molecular flexibility index (Phi) is 3.07. The summed E-state index contributed by atoms with van der Waals surface area (Å²) in [6.07, 6.45) is 4.29. The van der Waals surface area contributed by atoms with Crippen molar-refractivity contribution >= 4 is 28.5 Å². The SMILES string of the molecule is O=C(O)c1nccnc1C(=O)Nc1ccc2cc[nH]c2c1. The maximum atomic E-state index is 12.1. The number of aromatic amines is 1. The van der Waals surface area contributed by atoms with Crippen LogP contribution in [-0.4, -0.2) is 31.9 Å². The molecule has 1 aromatic carbocycles. The van der Waals surface area contributed by atoms with Gasteiger partial charge in [0.2, 0.25) is 0 Å². The Labute approximate surface area is 118 Å². The largest absolute Gasteiger partial charge is 0.476 e. The monoisotopic (exact) mass is 282 g/mol.